The van der Waals surface area contributed by atoms with Crippen LogP contribution < -0.4 is 5.32 Å². The van der Waals surface area contributed by atoms with Crippen molar-refractivity contribution in [2.24, 2.45) is 0 Å². The van der Waals surface area contributed by atoms with Crippen molar-refractivity contribution in [1.29, 1.82) is 0 Å². The predicted octanol–water partition coefficient (Wildman–Crippen LogP) is 3.16. The van der Waals surface area contributed by atoms with Crippen LogP contribution in [-0.2, 0) is 9.53 Å². The van der Waals surface area contributed by atoms with Gasteiger partial charge >= 0.3 is 5.97 Å². The number of nitrogens with one attached hydrogen (secondary N) is 1. The van der Waals surface area contributed by atoms with Gasteiger partial charge < -0.3 is 10.1 Å². The highest BCUT2D eigenvalue weighted by molar-refractivity contribution is 9.12. The van der Waals surface area contributed by atoms with E-state index in [1.807, 2.05) is 12.1 Å². The highest BCUT2D eigenvalue weighted by atomic mass is 79.9. The van der Waals surface area contributed by atoms with E-state index in [1.54, 1.807) is 12.1 Å². The molecule has 0 atom stereocenters. The van der Waals surface area contributed by atoms with Gasteiger partial charge in [-0.15, -0.1) is 0 Å². The Morgan fingerprint density at radius 3 is 2.80 bits per heavy atom. The Morgan fingerprint density at radius 2 is 2.20 bits per heavy atom. The van der Waals surface area contributed by atoms with E-state index in [1.165, 1.54) is 13.3 Å². The number of esters is 1. The van der Waals surface area contributed by atoms with Gasteiger partial charge in [0.15, 0.2) is 0 Å². The molecule has 0 aromatic heterocycles. The van der Waals surface area contributed by atoms with Gasteiger partial charge in [0, 0.05) is 6.20 Å². The van der Waals surface area contributed by atoms with Crippen LogP contribution in [-0.4, -0.2) is 13.1 Å². The van der Waals surface area contributed by atoms with Crippen LogP contribution in [0.1, 0.15) is 0 Å². The largest absolute Gasteiger partial charge is 0.465 e. The minimum absolute atomic E-state index is 0.296. The number of methoxy groups -OCH3 is 1. The molecule has 0 fully saturated rings. The highest BCUT2D eigenvalue weighted by Gasteiger charge is 2.04. The van der Waals surface area contributed by atoms with Gasteiger partial charge in [0.1, 0.15) is 4.48 Å². The Labute approximate surface area is 101 Å². The molecule has 1 aromatic rings. The minimum atomic E-state index is -0.449. The number of anilines is 1. The molecule has 1 rings (SSSR count). The molecule has 0 radical (unpaired) electrons. The fourth-order valence-electron chi connectivity index (χ4n) is 0.876. The number of carbonyl (C=O) groups excluding carboxylic acids is 1. The summed E-state index contributed by atoms with van der Waals surface area (Å²) in [4.78, 5) is 11.0. The molecule has 0 amide bonds. The van der Waals surface area contributed by atoms with Crippen molar-refractivity contribution in [3.05, 3.63) is 40.0 Å². The molecule has 0 heterocycles. The molecular formula is C10H9BrClNO2. The minimum Gasteiger partial charge on any atom is -0.465 e. The van der Waals surface area contributed by atoms with Gasteiger partial charge in [-0.1, -0.05) is 23.7 Å². The lowest BCUT2D eigenvalue weighted by Gasteiger charge is -2.03. The highest BCUT2D eigenvalue weighted by Crippen LogP contribution is 2.21. The number of carbonyl (C=O) groups is 1. The molecule has 0 aliphatic heterocycles. The maximum absolute atomic E-state index is 11.0. The third-order valence-corrected chi connectivity index (χ3v) is 2.49. The van der Waals surface area contributed by atoms with E-state index < -0.39 is 5.97 Å². The second-order valence-corrected chi connectivity index (χ2v) is 3.87. The first-order chi connectivity index (χ1) is 7.15. The van der Waals surface area contributed by atoms with E-state index in [0.717, 1.165) is 5.69 Å². The van der Waals surface area contributed by atoms with E-state index in [4.69, 9.17) is 11.6 Å². The predicted molar refractivity (Wildman–Crippen MR) is 64.1 cm³/mol. The Bertz CT molecular complexity index is 393. The molecule has 0 saturated carbocycles. The van der Waals surface area contributed by atoms with Crippen LogP contribution in [0.25, 0.3) is 0 Å². The van der Waals surface area contributed by atoms with E-state index in [9.17, 15) is 4.79 Å². The van der Waals surface area contributed by atoms with Crippen molar-refractivity contribution in [2.75, 3.05) is 12.4 Å². The summed E-state index contributed by atoms with van der Waals surface area (Å²) in [5.74, 6) is -0.449. The van der Waals surface area contributed by atoms with Gasteiger partial charge in [-0.25, -0.2) is 4.79 Å². The van der Waals surface area contributed by atoms with Crippen LogP contribution in [0.2, 0.25) is 5.02 Å². The Hall–Kier alpha value is -1.00. The monoisotopic (exact) mass is 289 g/mol. The van der Waals surface area contributed by atoms with Crippen molar-refractivity contribution in [2.45, 2.75) is 0 Å². The number of benzene rings is 1. The number of halogens is 2. The zero-order valence-electron chi connectivity index (χ0n) is 7.96. The molecule has 0 saturated heterocycles. The molecule has 80 valence electrons. The molecule has 0 spiro atoms. The third kappa shape index (κ3) is 3.57. The van der Waals surface area contributed by atoms with Crippen LogP contribution in [0.3, 0.4) is 0 Å². The van der Waals surface area contributed by atoms with E-state index >= 15 is 0 Å². The van der Waals surface area contributed by atoms with Crippen LogP contribution in [0.4, 0.5) is 5.69 Å². The molecule has 0 aliphatic rings. The van der Waals surface area contributed by atoms with Gasteiger partial charge in [-0.3, -0.25) is 0 Å². The van der Waals surface area contributed by atoms with Crippen LogP contribution in [0, 0.1) is 0 Å². The van der Waals surface area contributed by atoms with Crippen LogP contribution in [0.15, 0.2) is 34.9 Å². The zero-order chi connectivity index (χ0) is 11.3. The van der Waals surface area contributed by atoms with Crippen molar-refractivity contribution in [1.82, 2.24) is 0 Å². The fourth-order valence-corrected chi connectivity index (χ4v) is 1.34. The maximum atomic E-state index is 11.0. The van der Waals surface area contributed by atoms with Crippen LogP contribution >= 0.6 is 27.5 Å². The standard InChI is InChI=1S/C10H9BrClNO2/c1-15-10(14)7(11)6-13-9-5-3-2-4-8(9)12/h2-6,13H,1H3/b7-6-. The lowest BCUT2D eigenvalue weighted by Crippen LogP contribution is -2.01. The van der Waals surface area contributed by atoms with Crippen molar-refractivity contribution in [3.63, 3.8) is 0 Å². The zero-order valence-corrected chi connectivity index (χ0v) is 10.3. The molecule has 1 N–H and O–H groups in total. The van der Waals surface area contributed by atoms with Gasteiger partial charge in [-0.2, -0.15) is 0 Å². The molecule has 1 aromatic carbocycles. The molecular weight excluding hydrogens is 281 g/mol. The number of ether oxygens (including phenoxy) is 1. The molecule has 15 heavy (non-hydrogen) atoms. The fraction of sp³-hybridized carbons (Fsp3) is 0.100. The Kier molecular flexibility index (Phi) is 4.65. The summed E-state index contributed by atoms with van der Waals surface area (Å²) in [7, 11) is 1.31. The second-order valence-electron chi connectivity index (χ2n) is 2.61. The van der Waals surface area contributed by atoms with E-state index in [2.05, 4.69) is 26.0 Å². The summed E-state index contributed by atoms with van der Waals surface area (Å²) < 4.78 is 4.80. The first kappa shape index (κ1) is 12.1. The van der Waals surface area contributed by atoms with Gasteiger partial charge in [-0.05, 0) is 28.1 Å². The Balaban J connectivity index is 2.72. The van der Waals surface area contributed by atoms with Crippen LogP contribution in [0.5, 0.6) is 0 Å². The topological polar surface area (TPSA) is 38.3 Å². The van der Waals surface area contributed by atoms with E-state index in [-0.39, 0.29) is 0 Å². The quantitative estimate of drug-likeness (QED) is 0.686. The second kappa shape index (κ2) is 5.78. The average Bonchev–Trinajstić information content (AvgIpc) is 2.26. The number of hydrogen-bond donors (Lipinski definition) is 1. The molecule has 3 nitrogen and oxygen atoms in total. The smallest absolute Gasteiger partial charge is 0.346 e. The Morgan fingerprint density at radius 1 is 1.53 bits per heavy atom. The summed E-state index contributed by atoms with van der Waals surface area (Å²) in [5.41, 5.74) is 0.722. The number of para-hydroxylation sites is 1. The molecule has 0 bridgehead atoms. The molecule has 5 heteroatoms. The number of rotatable bonds is 3. The molecule has 0 aliphatic carbocycles. The summed E-state index contributed by atoms with van der Waals surface area (Å²) >= 11 is 8.96. The van der Waals surface area contributed by atoms with E-state index in [0.29, 0.717) is 9.51 Å². The number of hydrogen-bond acceptors (Lipinski definition) is 3. The summed E-state index contributed by atoms with van der Waals surface area (Å²) in [6.07, 6.45) is 1.48. The van der Waals surface area contributed by atoms with Crippen molar-refractivity contribution in [3.8, 4) is 0 Å². The average molecular weight is 291 g/mol. The molecule has 0 unspecified atom stereocenters. The van der Waals surface area contributed by atoms with Crippen molar-refractivity contribution >= 4 is 39.2 Å². The first-order valence-electron chi connectivity index (χ1n) is 4.10. The summed E-state index contributed by atoms with van der Waals surface area (Å²) in [6, 6.07) is 7.22. The SMILES string of the molecule is COC(=O)/C(Br)=C/Nc1ccccc1Cl. The van der Waals surface area contributed by atoms with Gasteiger partial charge in [0.2, 0.25) is 0 Å². The summed E-state index contributed by atoms with van der Waals surface area (Å²) in [6.45, 7) is 0. The lowest BCUT2D eigenvalue weighted by molar-refractivity contribution is -0.135. The normalized spacial score (nSPS) is 11.0. The van der Waals surface area contributed by atoms with Crippen molar-refractivity contribution < 1.29 is 9.53 Å². The van der Waals surface area contributed by atoms with Gasteiger partial charge in [0.05, 0.1) is 17.8 Å². The maximum Gasteiger partial charge on any atom is 0.346 e. The lowest BCUT2D eigenvalue weighted by atomic mass is 10.3. The first-order valence-corrected chi connectivity index (χ1v) is 5.27. The third-order valence-electron chi connectivity index (χ3n) is 1.61. The van der Waals surface area contributed by atoms with Gasteiger partial charge in [0.25, 0.3) is 0 Å². The summed E-state index contributed by atoms with van der Waals surface area (Å²) in [5, 5.41) is 3.47.